The van der Waals surface area contributed by atoms with E-state index in [-0.39, 0.29) is 0 Å². The van der Waals surface area contributed by atoms with Gasteiger partial charge in [0, 0.05) is 23.2 Å². The first-order valence-electron chi connectivity index (χ1n) is 7.09. The highest BCUT2D eigenvalue weighted by Crippen LogP contribution is 2.29. The van der Waals surface area contributed by atoms with E-state index in [1.165, 1.54) is 0 Å². The number of halogens is 1. The Morgan fingerprint density at radius 3 is 2.67 bits per heavy atom. The third-order valence-electron chi connectivity index (χ3n) is 2.94. The zero-order valence-electron chi connectivity index (χ0n) is 12.6. The maximum Gasteiger partial charge on any atom is 0.141 e. The Morgan fingerprint density at radius 1 is 1.24 bits per heavy atom. The third kappa shape index (κ3) is 4.61. The molecule has 0 radical (unpaired) electrons. The van der Waals surface area contributed by atoms with Crippen LogP contribution in [-0.4, -0.2) is 16.5 Å². The fourth-order valence-corrected chi connectivity index (χ4v) is 2.95. The number of benzene rings is 1. The molecule has 0 atom stereocenters. The van der Waals surface area contributed by atoms with Gasteiger partial charge in [0.1, 0.15) is 11.6 Å². The summed E-state index contributed by atoms with van der Waals surface area (Å²) in [4.78, 5) is 10.3. The molecule has 112 valence electrons. The summed E-state index contributed by atoms with van der Waals surface area (Å²) in [5.74, 6) is 2.82. The molecular formula is C16H20ClN3S. The molecule has 2 aromatic rings. The summed E-state index contributed by atoms with van der Waals surface area (Å²) in [6.07, 6.45) is 0. The number of rotatable bonds is 6. The second-order valence-corrected chi connectivity index (χ2v) is 6.42. The molecule has 0 aliphatic rings. The van der Waals surface area contributed by atoms with Crippen molar-refractivity contribution in [2.45, 2.75) is 37.3 Å². The van der Waals surface area contributed by atoms with Crippen molar-refractivity contribution in [2.75, 3.05) is 11.9 Å². The molecule has 2 rings (SSSR count). The van der Waals surface area contributed by atoms with Crippen molar-refractivity contribution in [3.8, 4) is 0 Å². The molecule has 0 aliphatic carbocycles. The molecule has 0 spiro atoms. The largest absolute Gasteiger partial charge is 0.370 e. The van der Waals surface area contributed by atoms with Crippen molar-refractivity contribution in [1.29, 1.82) is 0 Å². The van der Waals surface area contributed by atoms with Gasteiger partial charge in [-0.1, -0.05) is 37.6 Å². The van der Waals surface area contributed by atoms with Crippen molar-refractivity contribution in [2.24, 2.45) is 0 Å². The first-order valence-corrected chi connectivity index (χ1v) is 8.45. The van der Waals surface area contributed by atoms with Crippen LogP contribution < -0.4 is 5.32 Å². The fraction of sp³-hybridized carbons (Fsp3) is 0.375. The van der Waals surface area contributed by atoms with E-state index in [1.807, 2.05) is 30.3 Å². The molecule has 0 saturated carbocycles. The van der Waals surface area contributed by atoms with Gasteiger partial charge in [0.05, 0.1) is 10.8 Å². The fourth-order valence-electron chi connectivity index (χ4n) is 1.85. The van der Waals surface area contributed by atoms with Gasteiger partial charge in [-0.3, -0.25) is 0 Å². The standard InChI is InChI=1S/C16H20ClN3S/c1-4-18-15-9-13(11(2)3)19-16(20-15)10-21-14-8-6-5-7-12(14)17/h5-9,11H,4,10H2,1-3H3,(H,18,19,20). The second kappa shape index (κ2) is 7.66. The smallest absolute Gasteiger partial charge is 0.141 e. The maximum absolute atomic E-state index is 6.18. The average molecular weight is 322 g/mol. The van der Waals surface area contributed by atoms with Crippen LogP contribution >= 0.6 is 23.4 Å². The molecule has 0 amide bonds. The molecule has 1 aromatic carbocycles. The Kier molecular flexibility index (Phi) is 5.88. The van der Waals surface area contributed by atoms with Crippen LogP contribution in [0.3, 0.4) is 0 Å². The normalized spacial score (nSPS) is 10.9. The van der Waals surface area contributed by atoms with Crippen LogP contribution in [-0.2, 0) is 5.75 Å². The molecule has 0 bridgehead atoms. The van der Waals surface area contributed by atoms with Gasteiger partial charge in [-0.15, -0.1) is 11.8 Å². The number of nitrogens with zero attached hydrogens (tertiary/aromatic N) is 2. The summed E-state index contributed by atoms with van der Waals surface area (Å²) in [6, 6.07) is 9.87. The van der Waals surface area contributed by atoms with Crippen molar-refractivity contribution < 1.29 is 0 Å². The molecule has 1 aromatic heterocycles. The lowest BCUT2D eigenvalue weighted by molar-refractivity contribution is 0.799. The van der Waals surface area contributed by atoms with Crippen molar-refractivity contribution in [1.82, 2.24) is 9.97 Å². The van der Waals surface area contributed by atoms with Crippen LogP contribution in [0.4, 0.5) is 5.82 Å². The van der Waals surface area contributed by atoms with Crippen LogP contribution in [0.1, 0.15) is 38.2 Å². The maximum atomic E-state index is 6.18. The van der Waals surface area contributed by atoms with E-state index in [2.05, 4.69) is 36.1 Å². The molecule has 1 heterocycles. The number of nitrogens with one attached hydrogen (secondary N) is 1. The SMILES string of the molecule is CCNc1cc(C(C)C)nc(CSc2ccccc2Cl)n1. The Labute approximate surface area is 135 Å². The first-order chi connectivity index (χ1) is 10.1. The van der Waals surface area contributed by atoms with E-state index in [9.17, 15) is 0 Å². The van der Waals surface area contributed by atoms with Crippen molar-refractivity contribution in [3.63, 3.8) is 0 Å². The lowest BCUT2D eigenvalue weighted by Crippen LogP contribution is -2.06. The topological polar surface area (TPSA) is 37.8 Å². The van der Waals surface area contributed by atoms with E-state index in [1.54, 1.807) is 11.8 Å². The Bertz CT molecular complexity index is 602. The van der Waals surface area contributed by atoms with Gasteiger partial charge in [0.15, 0.2) is 0 Å². The van der Waals surface area contributed by atoms with Gasteiger partial charge in [-0.05, 0) is 25.0 Å². The molecule has 3 nitrogen and oxygen atoms in total. The van der Waals surface area contributed by atoms with Crippen LogP contribution in [0.5, 0.6) is 0 Å². The molecule has 0 fully saturated rings. The molecule has 0 saturated heterocycles. The van der Waals surface area contributed by atoms with Crippen molar-refractivity contribution >= 4 is 29.2 Å². The van der Waals surface area contributed by atoms with E-state index >= 15 is 0 Å². The molecule has 21 heavy (non-hydrogen) atoms. The quantitative estimate of drug-likeness (QED) is 0.762. The minimum atomic E-state index is 0.384. The molecule has 0 aliphatic heterocycles. The average Bonchev–Trinajstić information content (AvgIpc) is 2.46. The van der Waals surface area contributed by atoms with Gasteiger partial charge in [0.25, 0.3) is 0 Å². The summed E-state index contributed by atoms with van der Waals surface area (Å²) in [7, 11) is 0. The molecule has 0 unspecified atom stereocenters. The van der Waals surface area contributed by atoms with E-state index in [0.29, 0.717) is 11.7 Å². The summed E-state index contributed by atoms with van der Waals surface area (Å²) >= 11 is 7.84. The van der Waals surface area contributed by atoms with Gasteiger partial charge in [-0.2, -0.15) is 0 Å². The first kappa shape index (κ1) is 16.1. The van der Waals surface area contributed by atoms with Crippen LogP contribution in [0, 0.1) is 0 Å². The zero-order chi connectivity index (χ0) is 15.2. The monoisotopic (exact) mass is 321 g/mol. The predicted molar refractivity (Wildman–Crippen MR) is 91.3 cm³/mol. The van der Waals surface area contributed by atoms with Gasteiger partial charge < -0.3 is 5.32 Å². The van der Waals surface area contributed by atoms with E-state index in [0.717, 1.165) is 33.8 Å². The minimum Gasteiger partial charge on any atom is -0.370 e. The lowest BCUT2D eigenvalue weighted by Gasteiger charge is -2.11. The Hall–Kier alpha value is -1.26. The van der Waals surface area contributed by atoms with Crippen molar-refractivity contribution in [3.05, 3.63) is 46.9 Å². The third-order valence-corrected chi connectivity index (χ3v) is 4.45. The zero-order valence-corrected chi connectivity index (χ0v) is 14.1. The second-order valence-electron chi connectivity index (χ2n) is 5.00. The van der Waals surface area contributed by atoms with Crippen LogP contribution in [0.15, 0.2) is 35.2 Å². The lowest BCUT2D eigenvalue weighted by atomic mass is 10.1. The molecular weight excluding hydrogens is 302 g/mol. The van der Waals surface area contributed by atoms with E-state index in [4.69, 9.17) is 11.6 Å². The number of thioether (sulfide) groups is 1. The number of aromatic nitrogens is 2. The highest BCUT2D eigenvalue weighted by atomic mass is 35.5. The van der Waals surface area contributed by atoms with Crippen LogP contribution in [0.25, 0.3) is 0 Å². The van der Waals surface area contributed by atoms with Gasteiger partial charge in [-0.25, -0.2) is 9.97 Å². The summed E-state index contributed by atoms with van der Waals surface area (Å²) in [5.41, 5.74) is 1.07. The highest BCUT2D eigenvalue weighted by Gasteiger charge is 2.09. The van der Waals surface area contributed by atoms with Crippen LogP contribution in [0.2, 0.25) is 5.02 Å². The minimum absolute atomic E-state index is 0.384. The number of anilines is 1. The number of hydrogen-bond acceptors (Lipinski definition) is 4. The summed E-state index contributed by atoms with van der Waals surface area (Å²) < 4.78 is 0. The van der Waals surface area contributed by atoms with E-state index < -0.39 is 0 Å². The molecule has 5 heteroatoms. The van der Waals surface area contributed by atoms with Gasteiger partial charge >= 0.3 is 0 Å². The number of hydrogen-bond donors (Lipinski definition) is 1. The van der Waals surface area contributed by atoms with Gasteiger partial charge in [0.2, 0.25) is 0 Å². The molecule has 1 N–H and O–H groups in total. The Balaban J connectivity index is 2.17. The summed E-state index contributed by atoms with van der Waals surface area (Å²) in [5, 5.41) is 4.04. The predicted octanol–water partition coefficient (Wildman–Crippen LogP) is 4.98. The highest BCUT2D eigenvalue weighted by molar-refractivity contribution is 7.98. The summed E-state index contributed by atoms with van der Waals surface area (Å²) in [6.45, 7) is 7.20. The Morgan fingerprint density at radius 2 is 2.00 bits per heavy atom.